The van der Waals surface area contributed by atoms with Gasteiger partial charge in [0.05, 0.1) is 5.69 Å². The van der Waals surface area contributed by atoms with Crippen LogP contribution in [0.3, 0.4) is 0 Å². The molecule has 0 bridgehead atoms. The first-order chi connectivity index (χ1) is 9.02. The van der Waals surface area contributed by atoms with E-state index in [9.17, 15) is 9.59 Å². The van der Waals surface area contributed by atoms with Gasteiger partial charge in [0.1, 0.15) is 5.75 Å². The summed E-state index contributed by atoms with van der Waals surface area (Å²) in [6.07, 6.45) is 0. The van der Waals surface area contributed by atoms with E-state index in [1.807, 2.05) is 20.8 Å². The van der Waals surface area contributed by atoms with Crippen LogP contribution in [-0.4, -0.2) is 25.0 Å². The molecule has 0 aromatic heterocycles. The average molecular weight is 262 g/mol. The number of carbonyl (C=O) groups is 2. The highest BCUT2D eigenvalue weighted by Crippen LogP contribution is 2.34. The van der Waals surface area contributed by atoms with Gasteiger partial charge in [0.2, 0.25) is 5.91 Å². The zero-order chi connectivity index (χ0) is 14.0. The van der Waals surface area contributed by atoms with Gasteiger partial charge in [-0.2, -0.15) is 0 Å². The third-order valence-corrected chi connectivity index (χ3v) is 3.01. The summed E-state index contributed by atoms with van der Waals surface area (Å²) in [5.74, 6) is 0.466. The van der Waals surface area contributed by atoms with Crippen LogP contribution >= 0.6 is 0 Å². The molecule has 0 atom stereocenters. The number of ether oxygens (including phenoxy) is 1. The summed E-state index contributed by atoms with van der Waals surface area (Å²) in [4.78, 5) is 25.1. The second-order valence-corrected chi connectivity index (χ2v) is 4.75. The number of hydrogen-bond donors (Lipinski definition) is 1. The van der Waals surface area contributed by atoms with E-state index in [0.717, 1.165) is 0 Å². The Labute approximate surface area is 112 Å². The van der Waals surface area contributed by atoms with Crippen molar-refractivity contribution in [1.29, 1.82) is 0 Å². The predicted molar refractivity (Wildman–Crippen MR) is 73.4 cm³/mol. The maximum Gasteiger partial charge on any atom is 0.265 e. The van der Waals surface area contributed by atoms with Crippen LogP contribution in [0.2, 0.25) is 0 Å². The Bertz CT molecular complexity index is 511. The number of carbonyl (C=O) groups excluding carboxylic acids is 2. The lowest BCUT2D eigenvalue weighted by Gasteiger charge is -2.28. The molecular formula is C14H18N2O3. The maximum absolute atomic E-state index is 11.7. The van der Waals surface area contributed by atoms with Gasteiger partial charge in [-0.05, 0) is 25.1 Å². The van der Waals surface area contributed by atoms with Crippen LogP contribution in [0, 0.1) is 5.92 Å². The summed E-state index contributed by atoms with van der Waals surface area (Å²) in [6, 6.07) is 5.33. The highest BCUT2D eigenvalue weighted by Gasteiger charge is 2.24. The molecule has 1 N–H and O–H groups in total. The third-order valence-electron chi connectivity index (χ3n) is 3.01. The lowest BCUT2D eigenvalue weighted by Crippen LogP contribution is -2.38. The molecule has 5 nitrogen and oxygen atoms in total. The van der Waals surface area contributed by atoms with Gasteiger partial charge >= 0.3 is 0 Å². The summed E-state index contributed by atoms with van der Waals surface area (Å²) < 4.78 is 5.37. The van der Waals surface area contributed by atoms with E-state index in [-0.39, 0.29) is 24.3 Å². The molecule has 19 heavy (non-hydrogen) atoms. The van der Waals surface area contributed by atoms with Gasteiger partial charge in [-0.3, -0.25) is 9.59 Å². The normalized spacial score (nSPS) is 14.1. The minimum Gasteiger partial charge on any atom is -0.482 e. The molecule has 5 heteroatoms. The second-order valence-electron chi connectivity index (χ2n) is 4.75. The van der Waals surface area contributed by atoms with E-state index < -0.39 is 0 Å². The van der Waals surface area contributed by atoms with Crippen molar-refractivity contribution in [2.75, 3.05) is 23.4 Å². The minimum absolute atomic E-state index is 0.0500. The van der Waals surface area contributed by atoms with Gasteiger partial charge in [0.15, 0.2) is 6.61 Å². The summed E-state index contributed by atoms with van der Waals surface area (Å²) >= 11 is 0. The zero-order valence-electron chi connectivity index (χ0n) is 11.4. The summed E-state index contributed by atoms with van der Waals surface area (Å²) in [5, 5.41) is 2.82. The SMILES string of the molecule is CCN1C(=O)COc2ccc(NC(=O)C(C)C)cc21. The molecule has 1 aromatic rings. The Balaban J connectivity index is 2.29. The fourth-order valence-electron chi connectivity index (χ4n) is 1.91. The van der Waals surface area contributed by atoms with E-state index in [2.05, 4.69) is 5.32 Å². The van der Waals surface area contributed by atoms with Crippen molar-refractivity contribution < 1.29 is 14.3 Å². The van der Waals surface area contributed by atoms with Crippen molar-refractivity contribution in [3.8, 4) is 5.75 Å². The molecule has 0 unspecified atom stereocenters. The van der Waals surface area contributed by atoms with Crippen molar-refractivity contribution in [3.63, 3.8) is 0 Å². The van der Waals surface area contributed by atoms with Crippen LogP contribution < -0.4 is 15.0 Å². The lowest BCUT2D eigenvalue weighted by molar-refractivity contribution is -0.121. The van der Waals surface area contributed by atoms with Crippen molar-refractivity contribution in [2.45, 2.75) is 20.8 Å². The fourth-order valence-corrected chi connectivity index (χ4v) is 1.91. The van der Waals surface area contributed by atoms with Crippen molar-refractivity contribution in [1.82, 2.24) is 0 Å². The number of benzene rings is 1. The number of nitrogens with one attached hydrogen (secondary N) is 1. The van der Waals surface area contributed by atoms with Crippen LogP contribution in [0.1, 0.15) is 20.8 Å². The zero-order valence-corrected chi connectivity index (χ0v) is 11.4. The Hall–Kier alpha value is -2.04. The molecule has 102 valence electrons. The van der Waals surface area contributed by atoms with Gasteiger partial charge in [0, 0.05) is 18.2 Å². The highest BCUT2D eigenvalue weighted by molar-refractivity contribution is 5.99. The van der Waals surface area contributed by atoms with Crippen LogP contribution in [0.4, 0.5) is 11.4 Å². The molecule has 0 saturated heterocycles. The molecule has 0 aliphatic carbocycles. The van der Waals surface area contributed by atoms with E-state index in [4.69, 9.17) is 4.74 Å². The van der Waals surface area contributed by atoms with Crippen LogP contribution in [-0.2, 0) is 9.59 Å². The van der Waals surface area contributed by atoms with Gasteiger partial charge in [-0.15, -0.1) is 0 Å². The van der Waals surface area contributed by atoms with Crippen molar-refractivity contribution in [2.24, 2.45) is 5.92 Å². The summed E-state index contributed by atoms with van der Waals surface area (Å²) in [6.45, 7) is 6.22. The minimum atomic E-state index is -0.0869. The third kappa shape index (κ3) is 2.70. The Morgan fingerprint density at radius 3 is 2.84 bits per heavy atom. The van der Waals surface area contributed by atoms with E-state index >= 15 is 0 Å². The number of anilines is 2. The first-order valence-electron chi connectivity index (χ1n) is 6.41. The molecule has 1 aromatic carbocycles. The predicted octanol–water partition coefficient (Wildman–Crippen LogP) is 2.03. The number of fused-ring (bicyclic) bond motifs is 1. The number of hydrogen-bond acceptors (Lipinski definition) is 3. The largest absolute Gasteiger partial charge is 0.482 e. The highest BCUT2D eigenvalue weighted by atomic mass is 16.5. The molecule has 1 aliphatic heterocycles. The molecule has 1 heterocycles. The number of rotatable bonds is 3. The first-order valence-corrected chi connectivity index (χ1v) is 6.41. The molecule has 0 spiro atoms. The maximum atomic E-state index is 11.7. The Morgan fingerprint density at radius 2 is 2.21 bits per heavy atom. The Kier molecular flexibility index (Phi) is 3.74. The topological polar surface area (TPSA) is 58.6 Å². The number of nitrogens with zero attached hydrogens (tertiary/aromatic N) is 1. The summed E-state index contributed by atoms with van der Waals surface area (Å²) in [5.41, 5.74) is 1.38. The van der Waals surface area contributed by atoms with Gasteiger partial charge in [-0.25, -0.2) is 0 Å². The quantitative estimate of drug-likeness (QED) is 0.906. The van der Waals surface area contributed by atoms with Gasteiger partial charge in [0.25, 0.3) is 5.91 Å². The number of likely N-dealkylation sites (N-methyl/N-ethyl adjacent to an activating group) is 1. The lowest BCUT2D eigenvalue weighted by atomic mass is 10.1. The smallest absolute Gasteiger partial charge is 0.265 e. The molecule has 0 radical (unpaired) electrons. The fraction of sp³-hybridized carbons (Fsp3) is 0.429. The van der Waals surface area contributed by atoms with E-state index in [0.29, 0.717) is 23.7 Å². The molecule has 0 saturated carbocycles. The van der Waals surface area contributed by atoms with Crippen molar-refractivity contribution >= 4 is 23.2 Å². The van der Waals surface area contributed by atoms with Gasteiger partial charge < -0.3 is 15.0 Å². The Morgan fingerprint density at radius 1 is 1.47 bits per heavy atom. The first kappa shape index (κ1) is 13.4. The standard InChI is InChI=1S/C14H18N2O3/c1-4-16-11-7-10(15-14(18)9(2)3)5-6-12(11)19-8-13(16)17/h5-7,9H,4,8H2,1-3H3,(H,15,18). The molecule has 2 rings (SSSR count). The van der Waals surface area contributed by atoms with Crippen LogP contribution in [0.25, 0.3) is 0 Å². The second kappa shape index (κ2) is 5.30. The van der Waals surface area contributed by atoms with Crippen LogP contribution in [0.15, 0.2) is 18.2 Å². The van der Waals surface area contributed by atoms with Crippen molar-refractivity contribution in [3.05, 3.63) is 18.2 Å². The molecule has 2 amide bonds. The molecule has 1 aliphatic rings. The average Bonchev–Trinajstić information content (AvgIpc) is 2.38. The number of amides is 2. The molecular weight excluding hydrogens is 244 g/mol. The van der Waals surface area contributed by atoms with Gasteiger partial charge in [-0.1, -0.05) is 13.8 Å². The van der Waals surface area contributed by atoms with Crippen LogP contribution in [0.5, 0.6) is 5.75 Å². The summed E-state index contributed by atoms with van der Waals surface area (Å²) in [7, 11) is 0. The molecule has 0 fully saturated rings. The van der Waals surface area contributed by atoms with E-state index in [1.54, 1.807) is 23.1 Å². The van der Waals surface area contributed by atoms with E-state index in [1.165, 1.54) is 0 Å². The monoisotopic (exact) mass is 262 g/mol.